The number of nitrogens with zero attached hydrogens (tertiary/aromatic N) is 2. The van der Waals surface area contributed by atoms with Crippen LogP contribution in [0, 0.1) is 12.7 Å². The van der Waals surface area contributed by atoms with Gasteiger partial charge in [-0.05, 0) is 61.0 Å². The highest BCUT2D eigenvalue weighted by molar-refractivity contribution is 6.12. The van der Waals surface area contributed by atoms with Gasteiger partial charge in [0.25, 0.3) is 11.5 Å². The summed E-state index contributed by atoms with van der Waals surface area (Å²) in [4.78, 5) is 30.4. The number of halogens is 4. The zero-order valence-corrected chi connectivity index (χ0v) is 15.6. The van der Waals surface area contributed by atoms with Crippen LogP contribution in [0.1, 0.15) is 21.5 Å². The molecule has 0 unspecified atom stereocenters. The summed E-state index contributed by atoms with van der Waals surface area (Å²) < 4.78 is 53.5. The number of fused-ring (bicyclic) bond motifs is 1. The molecule has 1 amide bonds. The monoisotopic (exact) mass is 417 g/mol. The van der Waals surface area contributed by atoms with E-state index in [0.717, 1.165) is 18.2 Å². The van der Waals surface area contributed by atoms with E-state index in [-0.39, 0.29) is 23.6 Å². The van der Waals surface area contributed by atoms with Crippen molar-refractivity contribution in [3.63, 3.8) is 0 Å². The Bertz CT molecular complexity index is 1200. The van der Waals surface area contributed by atoms with Gasteiger partial charge in [0.05, 0.1) is 16.8 Å². The first kappa shape index (κ1) is 19.7. The third-order valence-electron chi connectivity index (χ3n) is 4.91. The van der Waals surface area contributed by atoms with Gasteiger partial charge in [0.1, 0.15) is 18.2 Å². The van der Waals surface area contributed by atoms with Crippen molar-refractivity contribution in [2.45, 2.75) is 13.1 Å². The van der Waals surface area contributed by atoms with Crippen LogP contribution in [0.4, 0.5) is 34.6 Å². The lowest BCUT2D eigenvalue weighted by atomic mass is 10.0. The molecule has 2 aromatic carbocycles. The minimum absolute atomic E-state index is 0.00114. The number of pyridine rings is 1. The molecular weight excluding hydrogens is 402 g/mol. The standard InChI is InChI=1S/C21H15F4N3O2/c1-12-9-14(22)5-7-16(12)27-11-28(17-3-2-8-26-19(17)29)20(30)15-6-4-13(10-18(15)27)21(23,24)25/h2-10H,11H2,1H3,(H,26,29). The highest BCUT2D eigenvalue weighted by atomic mass is 19.4. The Morgan fingerprint density at radius 1 is 0.933 bits per heavy atom. The van der Waals surface area contributed by atoms with Crippen molar-refractivity contribution in [2.24, 2.45) is 0 Å². The number of hydrogen-bond donors (Lipinski definition) is 1. The molecule has 0 aliphatic carbocycles. The fourth-order valence-corrected chi connectivity index (χ4v) is 3.48. The fourth-order valence-electron chi connectivity index (χ4n) is 3.48. The van der Waals surface area contributed by atoms with Crippen LogP contribution < -0.4 is 15.4 Å². The number of anilines is 3. The molecule has 2 heterocycles. The van der Waals surface area contributed by atoms with Crippen LogP contribution >= 0.6 is 0 Å². The lowest BCUT2D eigenvalue weighted by Gasteiger charge is -2.38. The molecule has 1 aliphatic rings. The number of carbonyl (C=O) groups is 1. The highest BCUT2D eigenvalue weighted by Gasteiger charge is 2.37. The summed E-state index contributed by atoms with van der Waals surface area (Å²) in [6.07, 6.45) is -3.19. The second kappa shape index (κ2) is 7.01. The molecule has 0 atom stereocenters. The smallest absolute Gasteiger partial charge is 0.327 e. The Hall–Kier alpha value is -3.62. The molecule has 0 bridgehead atoms. The third-order valence-corrected chi connectivity index (χ3v) is 4.91. The Morgan fingerprint density at radius 3 is 2.37 bits per heavy atom. The number of carbonyl (C=O) groups excluding carboxylic acids is 1. The van der Waals surface area contributed by atoms with Gasteiger partial charge < -0.3 is 9.88 Å². The summed E-state index contributed by atoms with van der Waals surface area (Å²) in [6, 6.07) is 9.66. The van der Waals surface area contributed by atoms with Gasteiger partial charge in [0.2, 0.25) is 0 Å². The predicted octanol–water partition coefficient (Wildman–Crippen LogP) is 4.60. The van der Waals surface area contributed by atoms with Gasteiger partial charge in [-0.25, -0.2) is 4.39 Å². The molecule has 0 fully saturated rings. The maximum atomic E-state index is 13.6. The molecule has 0 saturated carbocycles. The van der Waals surface area contributed by atoms with Gasteiger partial charge in [-0.1, -0.05) is 0 Å². The Balaban J connectivity index is 1.93. The Labute approximate surface area is 168 Å². The lowest BCUT2D eigenvalue weighted by molar-refractivity contribution is -0.137. The highest BCUT2D eigenvalue weighted by Crippen LogP contribution is 2.40. The molecule has 1 N–H and O–H groups in total. The summed E-state index contributed by atoms with van der Waals surface area (Å²) in [5.74, 6) is -1.10. The van der Waals surface area contributed by atoms with Crippen LogP contribution in [0.3, 0.4) is 0 Å². The van der Waals surface area contributed by atoms with Crippen LogP contribution in [0.2, 0.25) is 0 Å². The van der Waals surface area contributed by atoms with Gasteiger partial charge in [-0.2, -0.15) is 13.2 Å². The van der Waals surface area contributed by atoms with Crippen molar-refractivity contribution in [3.05, 3.63) is 87.6 Å². The van der Waals surface area contributed by atoms with E-state index in [4.69, 9.17) is 0 Å². The fraction of sp³-hybridized carbons (Fsp3) is 0.143. The van der Waals surface area contributed by atoms with Crippen molar-refractivity contribution in [3.8, 4) is 0 Å². The molecule has 9 heteroatoms. The van der Waals surface area contributed by atoms with Crippen molar-refractivity contribution >= 4 is 23.0 Å². The molecule has 30 heavy (non-hydrogen) atoms. The lowest BCUT2D eigenvalue weighted by Crippen LogP contribution is -2.47. The van der Waals surface area contributed by atoms with E-state index in [0.29, 0.717) is 11.3 Å². The minimum Gasteiger partial charge on any atom is -0.327 e. The zero-order valence-electron chi connectivity index (χ0n) is 15.6. The molecule has 154 valence electrons. The van der Waals surface area contributed by atoms with Crippen LogP contribution in [0.25, 0.3) is 0 Å². The number of H-pyrrole nitrogens is 1. The van der Waals surface area contributed by atoms with E-state index >= 15 is 0 Å². The summed E-state index contributed by atoms with van der Waals surface area (Å²) >= 11 is 0. The third kappa shape index (κ3) is 3.32. The van der Waals surface area contributed by atoms with Crippen LogP contribution in [0.15, 0.2) is 59.5 Å². The maximum Gasteiger partial charge on any atom is 0.416 e. The average Bonchev–Trinajstić information content (AvgIpc) is 2.69. The van der Waals surface area contributed by atoms with E-state index in [1.807, 2.05) is 0 Å². The molecule has 0 saturated heterocycles. The summed E-state index contributed by atoms with van der Waals surface area (Å²) in [5.41, 5.74) is -0.453. The van der Waals surface area contributed by atoms with Crippen molar-refractivity contribution in [1.82, 2.24) is 4.98 Å². The molecule has 0 spiro atoms. The molecule has 4 rings (SSSR count). The number of aryl methyl sites for hydroxylation is 1. The maximum absolute atomic E-state index is 13.6. The number of benzene rings is 2. The SMILES string of the molecule is Cc1cc(F)ccc1N1CN(c2ccc[nH]c2=O)C(=O)c2ccc(C(F)(F)F)cc21. The van der Waals surface area contributed by atoms with Gasteiger partial charge in [0.15, 0.2) is 0 Å². The number of hydrogen-bond acceptors (Lipinski definition) is 3. The topological polar surface area (TPSA) is 56.4 Å². The molecule has 5 nitrogen and oxygen atoms in total. The van der Waals surface area contributed by atoms with Crippen LogP contribution in [-0.2, 0) is 6.18 Å². The second-order valence-electron chi connectivity index (χ2n) is 6.85. The first-order chi connectivity index (χ1) is 14.2. The van der Waals surface area contributed by atoms with Gasteiger partial charge in [-0.15, -0.1) is 0 Å². The number of aromatic nitrogens is 1. The number of amides is 1. The van der Waals surface area contributed by atoms with E-state index in [1.54, 1.807) is 13.0 Å². The van der Waals surface area contributed by atoms with E-state index in [2.05, 4.69) is 4.98 Å². The number of alkyl halides is 3. The Morgan fingerprint density at radius 2 is 1.70 bits per heavy atom. The molecule has 1 aromatic heterocycles. The summed E-state index contributed by atoms with van der Waals surface area (Å²) in [6.45, 7) is 1.40. The van der Waals surface area contributed by atoms with Gasteiger partial charge >= 0.3 is 6.18 Å². The van der Waals surface area contributed by atoms with Gasteiger partial charge in [-0.3, -0.25) is 14.5 Å². The number of aromatic amines is 1. The molecular formula is C21H15F4N3O2. The van der Waals surface area contributed by atoms with Crippen molar-refractivity contribution in [2.75, 3.05) is 16.5 Å². The molecule has 0 radical (unpaired) electrons. The average molecular weight is 417 g/mol. The van der Waals surface area contributed by atoms with E-state index in [9.17, 15) is 27.2 Å². The first-order valence-electron chi connectivity index (χ1n) is 8.91. The number of rotatable bonds is 2. The van der Waals surface area contributed by atoms with Crippen molar-refractivity contribution in [1.29, 1.82) is 0 Å². The van der Waals surface area contributed by atoms with Crippen molar-refractivity contribution < 1.29 is 22.4 Å². The molecule has 1 aliphatic heterocycles. The molecule has 3 aromatic rings. The first-order valence-corrected chi connectivity index (χ1v) is 8.91. The van der Waals surface area contributed by atoms with E-state index < -0.39 is 29.0 Å². The normalized spacial score (nSPS) is 14.1. The summed E-state index contributed by atoms with van der Waals surface area (Å²) in [7, 11) is 0. The summed E-state index contributed by atoms with van der Waals surface area (Å²) in [5, 5.41) is 0. The largest absolute Gasteiger partial charge is 0.416 e. The predicted molar refractivity (Wildman–Crippen MR) is 103 cm³/mol. The van der Waals surface area contributed by atoms with Gasteiger partial charge in [0, 0.05) is 11.9 Å². The number of nitrogens with one attached hydrogen (secondary N) is 1. The van der Waals surface area contributed by atoms with E-state index in [1.165, 1.54) is 40.3 Å². The van der Waals surface area contributed by atoms with Crippen LogP contribution in [-0.4, -0.2) is 17.6 Å². The zero-order chi connectivity index (χ0) is 21.6. The Kier molecular flexibility index (Phi) is 4.60. The quantitative estimate of drug-likeness (QED) is 0.621. The minimum atomic E-state index is -4.60. The van der Waals surface area contributed by atoms with Crippen LogP contribution in [0.5, 0.6) is 0 Å². The second-order valence-corrected chi connectivity index (χ2v) is 6.85.